The molecule has 0 amide bonds. The Balaban J connectivity index is 2.07. The normalized spacial score (nSPS) is 10.9. The monoisotopic (exact) mass is 305 g/mol. The largest absolute Gasteiger partial charge is 0.384 e. The highest BCUT2D eigenvalue weighted by atomic mass is 35.5. The third-order valence-electron chi connectivity index (χ3n) is 3.09. The second kappa shape index (κ2) is 6.70. The number of halogens is 2. The maximum absolute atomic E-state index is 13.5. The summed E-state index contributed by atoms with van der Waals surface area (Å²) < 4.78 is 13.5. The molecule has 0 spiro atoms. The van der Waals surface area contributed by atoms with Crippen LogP contribution in [0.25, 0.3) is 0 Å². The van der Waals surface area contributed by atoms with Crippen LogP contribution in [0.15, 0.2) is 42.5 Å². The van der Waals surface area contributed by atoms with E-state index in [1.807, 2.05) is 31.3 Å². The van der Waals surface area contributed by atoms with Crippen molar-refractivity contribution in [2.24, 2.45) is 5.73 Å². The Hall–Kier alpha value is -1.91. The molecule has 0 bridgehead atoms. The first-order valence-corrected chi connectivity index (χ1v) is 6.88. The Kier molecular flexibility index (Phi) is 4.94. The summed E-state index contributed by atoms with van der Waals surface area (Å²) >= 11 is 5.86. The van der Waals surface area contributed by atoms with Crippen molar-refractivity contribution in [3.05, 3.63) is 70.0 Å². The molecule has 0 fully saturated rings. The summed E-state index contributed by atoms with van der Waals surface area (Å²) in [5.41, 5.74) is 7.74. The number of benzene rings is 2. The van der Waals surface area contributed by atoms with Crippen LogP contribution in [-0.4, -0.2) is 17.8 Å². The number of nitrogens with zero attached hydrogens (tertiary/aromatic N) is 1. The highest BCUT2D eigenvalue weighted by molar-refractivity contribution is 6.30. The minimum absolute atomic E-state index is 0.129. The fourth-order valence-electron chi connectivity index (χ4n) is 2.17. The lowest BCUT2D eigenvalue weighted by Gasteiger charge is -2.17. The molecule has 0 saturated carbocycles. The molecule has 0 aromatic heterocycles. The quantitative estimate of drug-likeness (QED) is 0.657. The second-order valence-corrected chi connectivity index (χ2v) is 5.50. The maximum atomic E-state index is 13.5. The smallest absolute Gasteiger partial charge is 0.124 e. The summed E-state index contributed by atoms with van der Waals surface area (Å²) in [6.07, 6.45) is 0. The van der Waals surface area contributed by atoms with Crippen LogP contribution in [-0.2, 0) is 13.1 Å². The third-order valence-corrected chi connectivity index (χ3v) is 3.34. The van der Waals surface area contributed by atoms with E-state index in [4.69, 9.17) is 22.7 Å². The van der Waals surface area contributed by atoms with E-state index in [2.05, 4.69) is 4.90 Å². The molecule has 2 aromatic carbocycles. The zero-order valence-electron chi connectivity index (χ0n) is 11.7. The number of nitrogens with two attached hydrogens (primary N) is 1. The number of rotatable bonds is 5. The van der Waals surface area contributed by atoms with Crippen molar-refractivity contribution in [2.75, 3.05) is 7.05 Å². The first-order valence-electron chi connectivity index (χ1n) is 6.51. The molecule has 0 aliphatic heterocycles. The third kappa shape index (κ3) is 4.55. The molecule has 0 aliphatic rings. The molecule has 5 heteroatoms. The van der Waals surface area contributed by atoms with Crippen molar-refractivity contribution in [3.63, 3.8) is 0 Å². The molecular weight excluding hydrogens is 289 g/mol. The molecule has 0 saturated heterocycles. The van der Waals surface area contributed by atoms with Crippen LogP contribution in [0.3, 0.4) is 0 Å². The van der Waals surface area contributed by atoms with E-state index in [9.17, 15) is 4.39 Å². The fraction of sp³-hybridized carbons (Fsp3) is 0.188. The van der Waals surface area contributed by atoms with Crippen LogP contribution in [0, 0.1) is 11.2 Å². The van der Waals surface area contributed by atoms with Gasteiger partial charge in [0.05, 0.1) is 0 Å². The predicted molar refractivity (Wildman–Crippen MR) is 84.0 cm³/mol. The lowest BCUT2D eigenvalue weighted by atomic mass is 10.1. The number of amidine groups is 1. The number of nitrogens with one attached hydrogen (secondary N) is 1. The van der Waals surface area contributed by atoms with Crippen LogP contribution in [0.5, 0.6) is 0 Å². The fourth-order valence-corrected chi connectivity index (χ4v) is 2.29. The van der Waals surface area contributed by atoms with Crippen LogP contribution in [0.4, 0.5) is 4.39 Å². The first-order chi connectivity index (χ1) is 9.94. The van der Waals surface area contributed by atoms with Gasteiger partial charge in [0.2, 0.25) is 0 Å². The van der Waals surface area contributed by atoms with E-state index in [1.54, 1.807) is 6.07 Å². The number of nitrogen functional groups attached to an aromatic ring is 1. The van der Waals surface area contributed by atoms with Crippen molar-refractivity contribution in [2.45, 2.75) is 13.1 Å². The summed E-state index contributed by atoms with van der Waals surface area (Å²) in [4.78, 5) is 2.06. The average molecular weight is 306 g/mol. The van der Waals surface area contributed by atoms with Gasteiger partial charge < -0.3 is 5.73 Å². The van der Waals surface area contributed by atoms with Gasteiger partial charge in [-0.25, -0.2) is 4.39 Å². The summed E-state index contributed by atoms with van der Waals surface area (Å²) in [6, 6.07) is 12.1. The van der Waals surface area contributed by atoms with E-state index in [-0.39, 0.29) is 11.7 Å². The maximum Gasteiger partial charge on any atom is 0.124 e. The van der Waals surface area contributed by atoms with Crippen molar-refractivity contribution >= 4 is 17.4 Å². The molecule has 0 radical (unpaired) electrons. The number of hydrogen-bond donors (Lipinski definition) is 2. The van der Waals surface area contributed by atoms with Gasteiger partial charge in [0.1, 0.15) is 11.7 Å². The molecule has 0 heterocycles. The summed E-state index contributed by atoms with van der Waals surface area (Å²) in [7, 11) is 1.95. The molecule has 110 valence electrons. The standard InChI is InChI=1S/C16H17ClFN3/c1-21(9-11-2-4-14(17)5-3-11)10-12-6-13(16(19)20)8-15(18)7-12/h2-8H,9-10H2,1H3,(H3,19,20). The Morgan fingerprint density at radius 1 is 1.14 bits per heavy atom. The van der Waals surface area contributed by atoms with Gasteiger partial charge >= 0.3 is 0 Å². The molecule has 0 atom stereocenters. The van der Waals surface area contributed by atoms with E-state index in [1.165, 1.54) is 12.1 Å². The number of hydrogen-bond acceptors (Lipinski definition) is 2. The van der Waals surface area contributed by atoms with Crippen LogP contribution >= 0.6 is 11.6 Å². The van der Waals surface area contributed by atoms with E-state index in [0.29, 0.717) is 17.1 Å². The van der Waals surface area contributed by atoms with Gasteiger partial charge in [0.25, 0.3) is 0 Å². The van der Waals surface area contributed by atoms with Gasteiger partial charge in [-0.1, -0.05) is 23.7 Å². The zero-order valence-corrected chi connectivity index (χ0v) is 12.5. The molecule has 2 aromatic rings. The summed E-state index contributed by atoms with van der Waals surface area (Å²) in [5.74, 6) is -0.506. The van der Waals surface area contributed by atoms with E-state index >= 15 is 0 Å². The first kappa shape index (κ1) is 15.5. The van der Waals surface area contributed by atoms with Crippen molar-refractivity contribution < 1.29 is 4.39 Å². The minimum Gasteiger partial charge on any atom is -0.384 e. The van der Waals surface area contributed by atoms with E-state index < -0.39 is 0 Å². The highest BCUT2D eigenvalue weighted by Gasteiger charge is 2.07. The second-order valence-electron chi connectivity index (χ2n) is 5.06. The van der Waals surface area contributed by atoms with Crippen LogP contribution < -0.4 is 5.73 Å². The predicted octanol–water partition coefficient (Wildman–Crippen LogP) is 3.40. The molecule has 21 heavy (non-hydrogen) atoms. The summed E-state index contributed by atoms with van der Waals surface area (Å²) in [5, 5.41) is 8.10. The molecule has 3 nitrogen and oxygen atoms in total. The lowest BCUT2D eigenvalue weighted by molar-refractivity contribution is 0.318. The lowest BCUT2D eigenvalue weighted by Crippen LogP contribution is -2.18. The van der Waals surface area contributed by atoms with E-state index in [0.717, 1.165) is 17.7 Å². The zero-order chi connectivity index (χ0) is 15.4. The van der Waals surface area contributed by atoms with Crippen molar-refractivity contribution in [1.29, 1.82) is 5.41 Å². The van der Waals surface area contributed by atoms with Crippen molar-refractivity contribution in [1.82, 2.24) is 4.90 Å². The van der Waals surface area contributed by atoms with Gasteiger partial charge in [-0.15, -0.1) is 0 Å². The Bertz CT molecular complexity index is 640. The molecule has 3 N–H and O–H groups in total. The minimum atomic E-state index is -0.377. The summed E-state index contributed by atoms with van der Waals surface area (Å²) in [6.45, 7) is 1.30. The topological polar surface area (TPSA) is 53.1 Å². The van der Waals surface area contributed by atoms with Gasteiger partial charge in [-0.05, 0) is 48.5 Å². The van der Waals surface area contributed by atoms with Crippen molar-refractivity contribution in [3.8, 4) is 0 Å². The highest BCUT2D eigenvalue weighted by Crippen LogP contribution is 2.14. The van der Waals surface area contributed by atoms with Gasteiger partial charge in [-0.2, -0.15) is 0 Å². The van der Waals surface area contributed by atoms with Crippen LogP contribution in [0.1, 0.15) is 16.7 Å². The van der Waals surface area contributed by atoms with Gasteiger partial charge in [-0.3, -0.25) is 10.3 Å². The molecule has 0 unspecified atom stereocenters. The Labute approximate surface area is 128 Å². The van der Waals surface area contributed by atoms with Gasteiger partial charge in [0.15, 0.2) is 0 Å². The SMILES string of the molecule is CN(Cc1ccc(Cl)cc1)Cc1cc(F)cc(C(=N)N)c1. The van der Waals surface area contributed by atoms with Gasteiger partial charge in [0, 0.05) is 23.7 Å². The Morgan fingerprint density at radius 2 is 1.76 bits per heavy atom. The molecule has 0 aliphatic carbocycles. The average Bonchev–Trinajstić information content (AvgIpc) is 2.40. The molecule has 2 rings (SSSR count). The molecular formula is C16H17ClFN3. The Morgan fingerprint density at radius 3 is 2.38 bits per heavy atom. The van der Waals surface area contributed by atoms with Crippen LogP contribution in [0.2, 0.25) is 5.02 Å².